The molecule has 37 heavy (non-hydrogen) atoms. The molecule has 1 aliphatic heterocycles. The summed E-state index contributed by atoms with van der Waals surface area (Å²) in [7, 11) is -2.91. The van der Waals surface area contributed by atoms with Crippen LogP contribution in [0.3, 0.4) is 0 Å². The van der Waals surface area contributed by atoms with Crippen LogP contribution < -0.4 is 19.9 Å². The Morgan fingerprint density at radius 3 is 2.68 bits per heavy atom. The number of sulfonamides is 1. The number of rotatable bonds is 7. The molecule has 1 aliphatic rings. The molecule has 3 heterocycles. The van der Waals surface area contributed by atoms with Crippen LogP contribution in [0.1, 0.15) is 44.5 Å². The normalized spacial score (nSPS) is 17.0. The van der Waals surface area contributed by atoms with Crippen molar-refractivity contribution >= 4 is 21.7 Å². The molecule has 0 bridgehead atoms. The number of hydrogen-bond acceptors (Lipinski definition) is 8. The first-order chi connectivity index (χ1) is 17.4. The van der Waals surface area contributed by atoms with Crippen LogP contribution >= 0.6 is 0 Å². The molecule has 3 N–H and O–H groups in total. The van der Waals surface area contributed by atoms with Crippen molar-refractivity contribution in [3.05, 3.63) is 70.1 Å². The molecule has 2 aromatic heterocycles. The molecule has 1 fully saturated rings. The van der Waals surface area contributed by atoms with Crippen molar-refractivity contribution in [1.29, 1.82) is 0 Å². The predicted octanol–water partition coefficient (Wildman–Crippen LogP) is 2.93. The molecule has 0 spiro atoms. The number of carbonyl (C=O) groups excluding carboxylic acids is 1. The highest BCUT2D eigenvalue weighted by Crippen LogP contribution is 2.38. The zero-order valence-electron chi connectivity index (χ0n) is 21.1. The molecule has 1 saturated heterocycles. The maximum absolute atomic E-state index is 13.3. The van der Waals surface area contributed by atoms with Crippen molar-refractivity contribution in [2.24, 2.45) is 5.92 Å². The van der Waals surface area contributed by atoms with Crippen LogP contribution in [-0.4, -0.2) is 48.6 Å². The van der Waals surface area contributed by atoms with Crippen LogP contribution in [0.25, 0.3) is 11.3 Å². The number of pyridine rings is 2. The van der Waals surface area contributed by atoms with Crippen LogP contribution in [0, 0.1) is 5.92 Å². The predicted molar refractivity (Wildman–Crippen MR) is 141 cm³/mol. The van der Waals surface area contributed by atoms with E-state index >= 15 is 0 Å². The first kappa shape index (κ1) is 26.4. The molecule has 10 nitrogen and oxygen atoms in total. The summed E-state index contributed by atoms with van der Waals surface area (Å²) in [4.78, 5) is 34.0. The molecule has 0 unspecified atom stereocenters. The topological polar surface area (TPSA) is 142 Å². The molecule has 0 aliphatic carbocycles. The number of hydrogen-bond donors (Lipinski definition) is 3. The first-order valence-electron chi connectivity index (χ1n) is 11.8. The average Bonchev–Trinajstić information content (AvgIpc) is 3.14. The van der Waals surface area contributed by atoms with Gasteiger partial charge in [0.05, 0.1) is 25.0 Å². The van der Waals surface area contributed by atoms with Gasteiger partial charge in [0.1, 0.15) is 11.6 Å². The van der Waals surface area contributed by atoms with Crippen molar-refractivity contribution in [3.8, 4) is 17.0 Å². The van der Waals surface area contributed by atoms with E-state index < -0.39 is 26.4 Å². The molecule has 1 atom stereocenters. The summed E-state index contributed by atoms with van der Waals surface area (Å²) in [6, 6.07) is 10.9. The van der Waals surface area contributed by atoms with E-state index in [1.54, 1.807) is 24.3 Å². The SMILES string of the molecule is COc1cc(CO)cc(-c2ccc(C(=O)NS(=O)(=O)c3ccc[nH]c3=O)c(N3C[C@@H](C)CC3(C)C)n2)c1.[HH]. The number of aromatic amines is 1. The van der Waals surface area contributed by atoms with Crippen LogP contribution in [-0.2, 0) is 16.6 Å². The van der Waals surface area contributed by atoms with Gasteiger partial charge in [-0.2, -0.15) is 0 Å². The number of aliphatic hydroxyl groups excluding tert-OH is 1. The number of nitrogens with one attached hydrogen (secondary N) is 2. The number of benzene rings is 1. The summed E-state index contributed by atoms with van der Waals surface area (Å²) >= 11 is 0. The molecule has 1 aromatic carbocycles. The molecule has 0 saturated carbocycles. The first-order valence-corrected chi connectivity index (χ1v) is 13.3. The maximum atomic E-state index is 13.3. The van der Waals surface area contributed by atoms with E-state index in [0.29, 0.717) is 40.9 Å². The van der Waals surface area contributed by atoms with Gasteiger partial charge in [0, 0.05) is 25.3 Å². The lowest BCUT2D eigenvalue weighted by Gasteiger charge is -2.34. The number of amides is 1. The highest BCUT2D eigenvalue weighted by molar-refractivity contribution is 7.90. The number of anilines is 1. The average molecular weight is 529 g/mol. The van der Waals surface area contributed by atoms with Crippen molar-refractivity contribution < 1.29 is 24.5 Å². The second kappa shape index (κ2) is 9.98. The Morgan fingerprint density at radius 1 is 1.30 bits per heavy atom. The lowest BCUT2D eigenvalue weighted by atomic mass is 9.97. The van der Waals surface area contributed by atoms with Gasteiger partial charge >= 0.3 is 0 Å². The quantitative estimate of drug-likeness (QED) is 0.425. The molecule has 198 valence electrons. The van der Waals surface area contributed by atoms with Gasteiger partial charge < -0.3 is 19.7 Å². The number of methoxy groups -OCH3 is 1. The van der Waals surface area contributed by atoms with Crippen LogP contribution in [0.4, 0.5) is 5.82 Å². The van der Waals surface area contributed by atoms with Gasteiger partial charge in [-0.25, -0.2) is 18.1 Å². The van der Waals surface area contributed by atoms with Gasteiger partial charge in [0.15, 0.2) is 4.90 Å². The summed E-state index contributed by atoms with van der Waals surface area (Å²) in [6.45, 7) is 6.62. The lowest BCUT2D eigenvalue weighted by molar-refractivity contribution is 0.0981. The third-order valence-corrected chi connectivity index (χ3v) is 7.78. The highest BCUT2D eigenvalue weighted by Gasteiger charge is 2.39. The summed E-state index contributed by atoms with van der Waals surface area (Å²) in [6.07, 6.45) is 2.16. The van der Waals surface area contributed by atoms with E-state index in [9.17, 15) is 23.1 Å². The van der Waals surface area contributed by atoms with Crippen molar-refractivity contribution in [1.82, 2.24) is 14.7 Å². The zero-order valence-corrected chi connectivity index (χ0v) is 21.9. The third kappa shape index (κ3) is 5.37. The van der Waals surface area contributed by atoms with E-state index in [2.05, 4.69) is 11.9 Å². The molecule has 11 heteroatoms. The Hall–Kier alpha value is -3.70. The zero-order chi connectivity index (χ0) is 27.0. The maximum Gasteiger partial charge on any atom is 0.269 e. The van der Waals surface area contributed by atoms with Crippen molar-refractivity contribution in [2.75, 3.05) is 18.6 Å². The molecular weight excluding hydrogens is 496 g/mol. The molecule has 3 aromatic rings. The van der Waals surface area contributed by atoms with Gasteiger partial charge in [0.25, 0.3) is 21.5 Å². The largest absolute Gasteiger partial charge is 0.497 e. The van der Waals surface area contributed by atoms with Crippen LogP contribution in [0.2, 0.25) is 0 Å². The van der Waals surface area contributed by atoms with Crippen LogP contribution in [0.5, 0.6) is 5.75 Å². The standard InChI is InChI=1S/C26H30N4O6S.H2/c1-16-13-26(2,3)30(14-16)23-20(24(32)29-37(34,35)22-6-5-9-27-25(22)33)7-8-21(28-23)18-10-17(15-31)11-19(12-18)36-4;/h5-12,16,31H,13-15H2,1-4H3,(H,27,33)(H,29,32);1H/t16-;/m0./s1. The number of H-pyrrole nitrogens is 1. The minimum absolute atomic E-state index is 0. The van der Waals surface area contributed by atoms with Crippen molar-refractivity contribution in [2.45, 2.75) is 44.2 Å². The fourth-order valence-corrected chi connectivity index (χ4v) is 5.84. The van der Waals surface area contributed by atoms with Gasteiger partial charge in [-0.05, 0) is 74.2 Å². The number of ether oxygens (including phenoxy) is 1. The van der Waals surface area contributed by atoms with Crippen LogP contribution in [0.15, 0.2) is 58.4 Å². The summed E-state index contributed by atoms with van der Waals surface area (Å²) in [5.74, 6) is 0.297. The fourth-order valence-electron chi connectivity index (χ4n) is 4.82. The summed E-state index contributed by atoms with van der Waals surface area (Å²) < 4.78 is 33.1. The van der Waals surface area contributed by atoms with E-state index in [0.717, 1.165) is 12.5 Å². The van der Waals surface area contributed by atoms with Gasteiger partial charge in [0.2, 0.25) is 0 Å². The minimum atomic E-state index is -4.43. The van der Waals surface area contributed by atoms with E-state index in [4.69, 9.17) is 9.72 Å². The van der Waals surface area contributed by atoms with E-state index in [1.807, 2.05) is 23.5 Å². The summed E-state index contributed by atoms with van der Waals surface area (Å²) in [5.41, 5.74) is 0.716. The smallest absolute Gasteiger partial charge is 0.269 e. The number of aliphatic hydroxyl groups is 1. The molecule has 4 rings (SSSR count). The molecule has 1 amide bonds. The summed E-state index contributed by atoms with van der Waals surface area (Å²) in [5, 5.41) is 9.67. The Morgan fingerprint density at radius 2 is 2.05 bits per heavy atom. The highest BCUT2D eigenvalue weighted by atomic mass is 32.2. The van der Waals surface area contributed by atoms with Crippen molar-refractivity contribution in [3.63, 3.8) is 0 Å². The fraction of sp³-hybridized carbons (Fsp3) is 0.346. The Bertz CT molecular complexity index is 1480. The Kier molecular flexibility index (Phi) is 7.11. The second-order valence-corrected chi connectivity index (χ2v) is 11.5. The molecular formula is C26H32N4O6S. The minimum Gasteiger partial charge on any atom is -0.497 e. The van der Waals surface area contributed by atoms with E-state index in [1.165, 1.54) is 25.4 Å². The Labute approximate surface area is 216 Å². The van der Waals surface area contributed by atoms with E-state index in [-0.39, 0.29) is 19.1 Å². The van der Waals surface area contributed by atoms with Gasteiger partial charge in [-0.1, -0.05) is 6.92 Å². The van der Waals surface area contributed by atoms with Gasteiger partial charge in [-0.15, -0.1) is 0 Å². The third-order valence-electron chi connectivity index (χ3n) is 6.43. The monoisotopic (exact) mass is 528 g/mol. The molecule has 0 radical (unpaired) electrons. The van der Waals surface area contributed by atoms with Gasteiger partial charge in [-0.3, -0.25) is 9.59 Å². The number of carbonyl (C=O) groups is 1. The lowest BCUT2D eigenvalue weighted by Crippen LogP contribution is -2.41. The number of nitrogens with zero attached hydrogens (tertiary/aromatic N) is 2. The Balaban J connectivity index is 0.00000400. The second-order valence-electron chi connectivity index (χ2n) is 9.83. The number of aromatic nitrogens is 2.